The lowest BCUT2D eigenvalue weighted by Crippen LogP contribution is -2.50. The zero-order valence-electron chi connectivity index (χ0n) is 16.1. The van der Waals surface area contributed by atoms with Crippen molar-refractivity contribution >= 4 is 29.7 Å². The lowest BCUT2D eigenvalue weighted by Gasteiger charge is -2.38. The predicted molar refractivity (Wildman–Crippen MR) is 102 cm³/mol. The Kier molecular flexibility index (Phi) is 8.32. The monoisotopic (exact) mass is 423 g/mol. The SMILES string of the molecule is COC(=O)c1cccc(S[C@@H]2C[C@@H](N=[N+]=[N-])[C@@H](OC(C)=O)C(COC(C)=O)O2)c1. The molecular formula is C18H21N3O7S. The minimum absolute atomic E-state index is 0.163. The van der Waals surface area contributed by atoms with Gasteiger partial charge in [-0.3, -0.25) is 9.59 Å². The van der Waals surface area contributed by atoms with Crippen molar-refractivity contribution in [2.75, 3.05) is 13.7 Å². The first-order valence-electron chi connectivity index (χ1n) is 8.69. The van der Waals surface area contributed by atoms with Gasteiger partial charge in [0.25, 0.3) is 0 Å². The van der Waals surface area contributed by atoms with Crippen molar-refractivity contribution in [3.63, 3.8) is 0 Å². The second-order valence-electron chi connectivity index (χ2n) is 6.13. The van der Waals surface area contributed by atoms with Crippen LogP contribution in [-0.2, 0) is 28.5 Å². The lowest BCUT2D eigenvalue weighted by atomic mass is 10.0. The number of carbonyl (C=O) groups is 3. The Morgan fingerprint density at radius 3 is 2.69 bits per heavy atom. The molecule has 0 aromatic heterocycles. The molecule has 0 aliphatic carbocycles. The number of methoxy groups -OCH3 is 1. The summed E-state index contributed by atoms with van der Waals surface area (Å²) in [6, 6.07) is 6.07. The van der Waals surface area contributed by atoms with Crippen LogP contribution in [0.3, 0.4) is 0 Å². The average Bonchev–Trinajstić information content (AvgIpc) is 2.68. The quantitative estimate of drug-likeness (QED) is 0.215. The maximum Gasteiger partial charge on any atom is 0.337 e. The van der Waals surface area contributed by atoms with Gasteiger partial charge in [-0.2, -0.15) is 0 Å². The van der Waals surface area contributed by atoms with Crippen molar-refractivity contribution in [3.8, 4) is 0 Å². The van der Waals surface area contributed by atoms with E-state index < -0.39 is 41.6 Å². The van der Waals surface area contributed by atoms with E-state index in [1.807, 2.05) is 0 Å². The second kappa shape index (κ2) is 10.7. The fourth-order valence-corrected chi connectivity index (χ4v) is 3.96. The first-order chi connectivity index (χ1) is 13.8. The molecule has 0 saturated carbocycles. The third-order valence-electron chi connectivity index (χ3n) is 3.98. The van der Waals surface area contributed by atoms with Crippen molar-refractivity contribution in [2.24, 2.45) is 5.11 Å². The van der Waals surface area contributed by atoms with Crippen molar-refractivity contribution in [1.82, 2.24) is 0 Å². The number of nitrogens with zero attached hydrogens (tertiary/aromatic N) is 3. The summed E-state index contributed by atoms with van der Waals surface area (Å²) in [4.78, 5) is 38.0. The summed E-state index contributed by atoms with van der Waals surface area (Å²) < 4.78 is 21.0. The summed E-state index contributed by atoms with van der Waals surface area (Å²) in [6.45, 7) is 2.32. The van der Waals surface area contributed by atoms with Gasteiger partial charge in [0.1, 0.15) is 24.3 Å². The summed E-state index contributed by atoms with van der Waals surface area (Å²) in [5.74, 6) is -1.55. The molecule has 1 heterocycles. The summed E-state index contributed by atoms with van der Waals surface area (Å²) >= 11 is 1.30. The van der Waals surface area contributed by atoms with Crippen molar-refractivity contribution in [2.45, 2.75) is 48.8 Å². The van der Waals surface area contributed by atoms with Gasteiger partial charge in [-0.1, -0.05) is 22.9 Å². The standard InChI is InChI=1S/C18H21N3O7S/c1-10(22)26-9-15-17(27-11(2)23)14(20-21-19)8-16(28-15)29-13-6-4-5-12(7-13)18(24)25-3/h4-7,14-17H,8-9H2,1-3H3/t14-,15?,16-,17-/m1/s1. The van der Waals surface area contributed by atoms with Crippen LogP contribution in [0.15, 0.2) is 34.3 Å². The van der Waals surface area contributed by atoms with Crippen LogP contribution in [0.1, 0.15) is 30.6 Å². The molecule has 156 valence electrons. The van der Waals surface area contributed by atoms with Gasteiger partial charge in [-0.25, -0.2) is 4.79 Å². The van der Waals surface area contributed by atoms with Gasteiger partial charge in [-0.15, -0.1) is 0 Å². The minimum atomic E-state index is -0.888. The molecule has 0 radical (unpaired) electrons. The van der Waals surface area contributed by atoms with E-state index in [4.69, 9.17) is 24.5 Å². The molecule has 11 heteroatoms. The number of hydrogen-bond acceptors (Lipinski definition) is 9. The maximum atomic E-state index is 11.7. The fraction of sp³-hybridized carbons (Fsp3) is 0.500. The van der Waals surface area contributed by atoms with Crippen LogP contribution in [0, 0.1) is 0 Å². The first-order valence-corrected chi connectivity index (χ1v) is 9.57. The average molecular weight is 423 g/mol. The molecule has 1 saturated heterocycles. The zero-order chi connectivity index (χ0) is 21.4. The third kappa shape index (κ3) is 6.67. The van der Waals surface area contributed by atoms with E-state index in [9.17, 15) is 14.4 Å². The van der Waals surface area contributed by atoms with Crippen LogP contribution in [0.5, 0.6) is 0 Å². The number of thioether (sulfide) groups is 1. The summed E-state index contributed by atoms with van der Waals surface area (Å²) in [6.07, 6.45) is -1.44. The Bertz CT molecular complexity index is 812. The van der Waals surface area contributed by atoms with Gasteiger partial charge >= 0.3 is 17.9 Å². The Morgan fingerprint density at radius 1 is 1.31 bits per heavy atom. The molecule has 1 aromatic rings. The molecule has 10 nitrogen and oxygen atoms in total. The van der Waals surface area contributed by atoms with E-state index in [1.54, 1.807) is 24.3 Å². The predicted octanol–water partition coefficient (Wildman–Crippen LogP) is 2.85. The number of hydrogen-bond donors (Lipinski definition) is 0. The third-order valence-corrected chi connectivity index (χ3v) is 5.07. The topological polar surface area (TPSA) is 137 Å². The van der Waals surface area contributed by atoms with Gasteiger partial charge in [-0.05, 0) is 30.2 Å². The zero-order valence-corrected chi connectivity index (χ0v) is 17.0. The Balaban J connectivity index is 2.22. The molecule has 2 rings (SSSR count). The highest BCUT2D eigenvalue weighted by Crippen LogP contribution is 2.35. The maximum absolute atomic E-state index is 11.7. The molecule has 1 aliphatic rings. The molecule has 1 unspecified atom stereocenters. The number of rotatable bonds is 7. The molecule has 0 spiro atoms. The molecule has 0 N–H and O–H groups in total. The highest BCUT2D eigenvalue weighted by molar-refractivity contribution is 7.99. The Labute approximate surface area is 171 Å². The van der Waals surface area contributed by atoms with E-state index in [0.29, 0.717) is 5.56 Å². The molecule has 1 aliphatic heterocycles. The highest BCUT2D eigenvalue weighted by Gasteiger charge is 2.41. The van der Waals surface area contributed by atoms with Crippen molar-refractivity contribution in [3.05, 3.63) is 40.3 Å². The van der Waals surface area contributed by atoms with Gasteiger partial charge in [0.15, 0.2) is 0 Å². The van der Waals surface area contributed by atoms with Crippen LogP contribution in [-0.4, -0.2) is 55.3 Å². The molecular weight excluding hydrogens is 402 g/mol. The summed E-state index contributed by atoms with van der Waals surface area (Å²) in [5, 5.41) is 3.74. The largest absolute Gasteiger partial charge is 0.465 e. The van der Waals surface area contributed by atoms with Gasteiger partial charge in [0.2, 0.25) is 0 Å². The number of carbonyl (C=O) groups excluding carboxylic acids is 3. The smallest absolute Gasteiger partial charge is 0.337 e. The molecule has 1 fully saturated rings. The molecule has 0 bridgehead atoms. The van der Waals surface area contributed by atoms with Crippen LogP contribution in [0.4, 0.5) is 0 Å². The normalized spacial score (nSPS) is 23.4. The molecule has 29 heavy (non-hydrogen) atoms. The van der Waals surface area contributed by atoms with Crippen LogP contribution in [0.2, 0.25) is 0 Å². The van der Waals surface area contributed by atoms with Crippen molar-refractivity contribution < 1.29 is 33.3 Å². The lowest BCUT2D eigenvalue weighted by molar-refractivity contribution is -0.175. The first kappa shape index (κ1) is 22.5. The van der Waals surface area contributed by atoms with E-state index in [1.165, 1.54) is 32.7 Å². The van der Waals surface area contributed by atoms with Crippen LogP contribution >= 0.6 is 11.8 Å². The molecule has 1 aromatic carbocycles. The van der Waals surface area contributed by atoms with Gasteiger partial charge in [0.05, 0.1) is 18.7 Å². The second-order valence-corrected chi connectivity index (χ2v) is 7.36. The van der Waals surface area contributed by atoms with E-state index in [2.05, 4.69) is 10.0 Å². The van der Waals surface area contributed by atoms with Gasteiger partial charge in [0, 0.05) is 23.7 Å². The Morgan fingerprint density at radius 2 is 2.07 bits per heavy atom. The number of esters is 3. The number of ether oxygens (including phenoxy) is 4. The van der Waals surface area contributed by atoms with Crippen molar-refractivity contribution in [1.29, 1.82) is 0 Å². The summed E-state index contributed by atoms with van der Waals surface area (Å²) in [5.41, 5.74) is 8.80. The molecule has 4 atom stereocenters. The van der Waals surface area contributed by atoms with E-state index >= 15 is 0 Å². The Hall–Kier alpha value is -2.75. The summed E-state index contributed by atoms with van der Waals surface area (Å²) in [7, 11) is 1.30. The van der Waals surface area contributed by atoms with Gasteiger partial charge < -0.3 is 18.9 Å². The molecule has 0 amide bonds. The van der Waals surface area contributed by atoms with Crippen LogP contribution < -0.4 is 0 Å². The number of azide groups is 1. The van der Waals surface area contributed by atoms with E-state index in [-0.39, 0.29) is 13.0 Å². The highest BCUT2D eigenvalue weighted by atomic mass is 32.2. The van der Waals surface area contributed by atoms with Crippen LogP contribution in [0.25, 0.3) is 10.4 Å². The fourth-order valence-electron chi connectivity index (χ4n) is 2.81. The minimum Gasteiger partial charge on any atom is -0.465 e. The number of benzene rings is 1. The van der Waals surface area contributed by atoms with E-state index in [0.717, 1.165) is 4.90 Å².